The monoisotopic (exact) mass is 340 g/mol. The first-order chi connectivity index (χ1) is 9.52. The number of aliphatic hydroxyl groups excluding tert-OH is 1. The van der Waals surface area contributed by atoms with Crippen molar-refractivity contribution in [3.05, 3.63) is 34.3 Å². The molecular formula is C14H17BrN2O3. The molecule has 0 bridgehead atoms. The van der Waals surface area contributed by atoms with E-state index >= 15 is 0 Å². The van der Waals surface area contributed by atoms with E-state index in [0.29, 0.717) is 12.0 Å². The van der Waals surface area contributed by atoms with E-state index in [4.69, 9.17) is 0 Å². The highest BCUT2D eigenvalue weighted by Gasteiger charge is 2.38. The molecule has 0 spiro atoms. The summed E-state index contributed by atoms with van der Waals surface area (Å²) in [4.78, 5) is 24.9. The Kier molecular flexibility index (Phi) is 4.77. The number of halogens is 1. The number of hydrogen-bond acceptors (Lipinski definition) is 3. The van der Waals surface area contributed by atoms with Crippen LogP contribution in [-0.2, 0) is 4.79 Å². The maximum Gasteiger partial charge on any atom is 0.324 e. The zero-order valence-electron chi connectivity index (χ0n) is 11.2. The first-order valence-corrected chi connectivity index (χ1v) is 7.37. The van der Waals surface area contributed by atoms with Crippen LogP contribution in [-0.4, -0.2) is 34.5 Å². The number of rotatable bonds is 5. The number of amides is 3. The standard InChI is InChI=1S/C14H17BrN2O3/c1-2-4-11-13(19)17(14(20)16-11)8-12(18)9-5-3-6-10(15)7-9/h3,5-7,11-12,18H,2,4,8H2,1H3,(H,16,20). The van der Waals surface area contributed by atoms with Gasteiger partial charge in [0.15, 0.2) is 0 Å². The number of aliphatic hydroxyl groups is 1. The van der Waals surface area contributed by atoms with E-state index in [-0.39, 0.29) is 12.5 Å². The van der Waals surface area contributed by atoms with E-state index in [1.807, 2.05) is 13.0 Å². The highest BCUT2D eigenvalue weighted by atomic mass is 79.9. The fraction of sp³-hybridized carbons (Fsp3) is 0.429. The Morgan fingerprint density at radius 1 is 1.45 bits per heavy atom. The van der Waals surface area contributed by atoms with Crippen molar-refractivity contribution in [1.29, 1.82) is 0 Å². The quantitative estimate of drug-likeness (QED) is 0.807. The fourth-order valence-corrected chi connectivity index (χ4v) is 2.64. The van der Waals surface area contributed by atoms with Crippen molar-refractivity contribution in [2.45, 2.75) is 31.9 Å². The van der Waals surface area contributed by atoms with Gasteiger partial charge in [0.1, 0.15) is 6.04 Å². The van der Waals surface area contributed by atoms with Crippen molar-refractivity contribution in [2.24, 2.45) is 0 Å². The lowest BCUT2D eigenvalue weighted by Crippen LogP contribution is -2.35. The van der Waals surface area contributed by atoms with Crippen molar-refractivity contribution in [3.8, 4) is 0 Å². The predicted molar refractivity (Wildman–Crippen MR) is 78.0 cm³/mol. The van der Waals surface area contributed by atoms with Gasteiger partial charge in [0, 0.05) is 4.47 Å². The Balaban J connectivity index is 2.06. The molecule has 1 fully saturated rings. The summed E-state index contributed by atoms with van der Waals surface area (Å²) >= 11 is 3.33. The van der Waals surface area contributed by atoms with Gasteiger partial charge in [0.2, 0.25) is 0 Å². The van der Waals surface area contributed by atoms with Gasteiger partial charge in [0.25, 0.3) is 5.91 Å². The van der Waals surface area contributed by atoms with E-state index in [2.05, 4.69) is 21.2 Å². The number of β-amino-alcohol motifs (C(OH)–C–C–N with tert-alkyl or cyclic N) is 1. The zero-order chi connectivity index (χ0) is 14.7. The van der Waals surface area contributed by atoms with Crippen molar-refractivity contribution < 1.29 is 14.7 Å². The van der Waals surface area contributed by atoms with Crippen LogP contribution in [0, 0.1) is 0 Å². The molecular weight excluding hydrogens is 324 g/mol. The molecule has 0 aliphatic carbocycles. The van der Waals surface area contributed by atoms with Crippen LogP contribution in [0.25, 0.3) is 0 Å². The van der Waals surface area contributed by atoms with Crippen LogP contribution in [0.4, 0.5) is 4.79 Å². The van der Waals surface area contributed by atoms with E-state index in [1.165, 1.54) is 0 Å². The third-order valence-electron chi connectivity index (χ3n) is 3.27. The smallest absolute Gasteiger partial charge is 0.324 e. The lowest BCUT2D eigenvalue weighted by Gasteiger charge is -2.18. The molecule has 0 radical (unpaired) electrons. The summed E-state index contributed by atoms with van der Waals surface area (Å²) in [6, 6.07) is 6.30. The molecule has 0 saturated carbocycles. The molecule has 2 N–H and O–H groups in total. The maximum atomic E-state index is 12.1. The zero-order valence-corrected chi connectivity index (χ0v) is 12.8. The third-order valence-corrected chi connectivity index (χ3v) is 3.77. The van der Waals surface area contributed by atoms with Crippen LogP contribution >= 0.6 is 15.9 Å². The van der Waals surface area contributed by atoms with E-state index < -0.39 is 18.2 Å². The van der Waals surface area contributed by atoms with Crippen LogP contribution in [0.5, 0.6) is 0 Å². The molecule has 2 atom stereocenters. The molecule has 108 valence electrons. The van der Waals surface area contributed by atoms with Gasteiger partial charge in [-0.05, 0) is 24.1 Å². The van der Waals surface area contributed by atoms with E-state index in [0.717, 1.165) is 15.8 Å². The number of carbonyl (C=O) groups excluding carboxylic acids is 2. The van der Waals surface area contributed by atoms with Crippen molar-refractivity contribution in [2.75, 3.05) is 6.54 Å². The summed E-state index contributed by atoms with van der Waals surface area (Å²) in [5.74, 6) is -0.258. The van der Waals surface area contributed by atoms with Gasteiger partial charge in [-0.3, -0.25) is 9.69 Å². The minimum Gasteiger partial charge on any atom is -0.387 e. The second kappa shape index (κ2) is 6.37. The minimum absolute atomic E-state index is 0.0265. The molecule has 5 nitrogen and oxygen atoms in total. The van der Waals surface area contributed by atoms with Gasteiger partial charge in [0.05, 0.1) is 12.6 Å². The molecule has 1 aliphatic heterocycles. The van der Waals surface area contributed by atoms with Crippen LogP contribution in [0.3, 0.4) is 0 Å². The lowest BCUT2D eigenvalue weighted by atomic mass is 10.1. The van der Waals surface area contributed by atoms with E-state index in [1.54, 1.807) is 18.2 Å². The Bertz CT molecular complexity index is 521. The third kappa shape index (κ3) is 3.19. The van der Waals surface area contributed by atoms with Crippen LogP contribution < -0.4 is 5.32 Å². The van der Waals surface area contributed by atoms with E-state index in [9.17, 15) is 14.7 Å². The molecule has 1 aromatic carbocycles. The molecule has 20 heavy (non-hydrogen) atoms. The molecule has 1 aromatic rings. The highest BCUT2D eigenvalue weighted by molar-refractivity contribution is 9.10. The van der Waals surface area contributed by atoms with Gasteiger partial charge < -0.3 is 10.4 Å². The number of benzene rings is 1. The summed E-state index contributed by atoms with van der Waals surface area (Å²) in [7, 11) is 0. The largest absolute Gasteiger partial charge is 0.387 e. The molecule has 0 aromatic heterocycles. The summed E-state index contributed by atoms with van der Waals surface area (Å²) in [5.41, 5.74) is 0.666. The van der Waals surface area contributed by atoms with Crippen LogP contribution in [0.2, 0.25) is 0 Å². The second-order valence-corrected chi connectivity index (χ2v) is 5.73. The van der Waals surface area contributed by atoms with Gasteiger partial charge in [-0.1, -0.05) is 41.4 Å². The highest BCUT2D eigenvalue weighted by Crippen LogP contribution is 2.21. The van der Waals surface area contributed by atoms with Gasteiger partial charge in [-0.2, -0.15) is 0 Å². The Labute approximate surface area is 126 Å². The summed E-state index contributed by atoms with van der Waals surface area (Å²) in [6.07, 6.45) is 0.551. The molecule has 2 unspecified atom stereocenters. The number of nitrogens with zero attached hydrogens (tertiary/aromatic N) is 1. The van der Waals surface area contributed by atoms with Crippen LogP contribution in [0.1, 0.15) is 31.4 Å². The normalized spacial score (nSPS) is 20.1. The SMILES string of the molecule is CCCC1NC(=O)N(CC(O)c2cccc(Br)c2)C1=O. The first kappa shape index (κ1) is 15.0. The number of imide groups is 1. The van der Waals surface area contributed by atoms with Crippen LogP contribution in [0.15, 0.2) is 28.7 Å². The maximum absolute atomic E-state index is 12.1. The fourth-order valence-electron chi connectivity index (χ4n) is 2.23. The average molecular weight is 341 g/mol. The lowest BCUT2D eigenvalue weighted by molar-refractivity contribution is -0.128. The summed E-state index contributed by atoms with van der Waals surface area (Å²) in [5, 5.41) is 12.8. The average Bonchev–Trinajstić information content (AvgIpc) is 2.67. The summed E-state index contributed by atoms with van der Waals surface area (Å²) < 4.78 is 0.843. The number of urea groups is 1. The molecule has 1 saturated heterocycles. The van der Waals surface area contributed by atoms with Crippen molar-refractivity contribution >= 4 is 27.9 Å². The Morgan fingerprint density at radius 3 is 2.85 bits per heavy atom. The molecule has 3 amide bonds. The number of hydrogen-bond donors (Lipinski definition) is 2. The molecule has 6 heteroatoms. The Morgan fingerprint density at radius 2 is 2.20 bits per heavy atom. The molecule has 2 rings (SSSR count). The number of carbonyl (C=O) groups is 2. The van der Waals surface area contributed by atoms with Crippen molar-refractivity contribution in [1.82, 2.24) is 10.2 Å². The number of nitrogens with one attached hydrogen (secondary N) is 1. The topological polar surface area (TPSA) is 69.6 Å². The van der Waals surface area contributed by atoms with Gasteiger partial charge in [-0.25, -0.2) is 4.79 Å². The predicted octanol–water partition coefficient (Wildman–Crippen LogP) is 2.20. The Hall–Kier alpha value is -1.40. The minimum atomic E-state index is -0.887. The second-order valence-electron chi connectivity index (χ2n) is 4.81. The molecule has 1 aliphatic rings. The molecule has 1 heterocycles. The van der Waals surface area contributed by atoms with Gasteiger partial charge >= 0.3 is 6.03 Å². The van der Waals surface area contributed by atoms with Crippen molar-refractivity contribution in [3.63, 3.8) is 0 Å². The summed E-state index contributed by atoms with van der Waals surface area (Å²) in [6.45, 7) is 1.93. The van der Waals surface area contributed by atoms with Gasteiger partial charge in [-0.15, -0.1) is 0 Å². The first-order valence-electron chi connectivity index (χ1n) is 6.58.